The van der Waals surface area contributed by atoms with E-state index in [1.165, 1.54) is 30.3 Å². The highest BCUT2D eigenvalue weighted by Gasteiger charge is 2.50. The Morgan fingerprint density at radius 3 is 2.60 bits per heavy atom. The van der Waals surface area contributed by atoms with Crippen molar-refractivity contribution in [2.24, 2.45) is 11.7 Å². The zero-order valence-electron chi connectivity index (χ0n) is 24.6. The summed E-state index contributed by atoms with van der Waals surface area (Å²) in [6.45, 7) is 2.29. The van der Waals surface area contributed by atoms with Gasteiger partial charge in [-0.1, -0.05) is 0 Å². The monoisotopic (exact) mass is 620 g/mol. The predicted molar refractivity (Wildman–Crippen MR) is 159 cm³/mol. The fourth-order valence-corrected chi connectivity index (χ4v) is 5.66. The zero-order chi connectivity index (χ0) is 32.1. The Morgan fingerprint density at radius 2 is 1.93 bits per heavy atom. The van der Waals surface area contributed by atoms with Gasteiger partial charge in [-0.3, -0.25) is 14.6 Å². The first kappa shape index (κ1) is 30.3. The van der Waals surface area contributed by atoms with E-state index in [1.807, 2.05) is 6.92 Å². The van der Waals surface area contributed by atoms with Gasteiger partial charge in [0, 0.05) is 28.3 Å². The molecule has 2 aromatic heterocycles. The van der Waals surface area contributed by atoms with Crippen molar-refractivity contribution in [2.45, 2.75) is 44.1 Å². The fraction of sp³-hybridized carbons (Fsp3) is 0.333. The molecule has 2 aromatic carbocycles. The average molecular weight is 621 g/mol. The number of halogens is 3. The van der Waals surface area contributed by atoms with Crippen molar-refractivity contribution in [2.75, 3.05) is 19.8 Å². The Labute approximate surface area is 256 Å². The zero-order valence-corrected chi connectivity index (χ0v) is 24.6. The summed E-state index contributed by atoms with van der Waals surface area (Å²) in [4.78, 5) is 35.1. The summed E-state index contributed by atoms with van der Waals surface area (Å²) in [5, 5.41) is 15.5. The number of carbonyl (C=O) groups excluding carboxylic acids is 2. The van der Waals surface area contributed by atoms with E-state index in [0.29, 0.717) is 46.3 Å². The Kier molecular flexibility index (Phi) is 7.64. The number of aryl methyl sites for hydroxylation is 1. The van der Waals surface area contributed by atoms with Gasteiger partial charge in [-0.25, -0.2) is 18.2 Å². The van der Waals surface area contributed by atoms with Gasteiger partial charge < -0.3 is 25.6 Å². The first-order valence-corrected chi connectivity index (χ1v) is 14.5. The molecule has 4 N–H and O–H groups in total. The van der Waals surface area contributed by atoms with Crippen LogP contribution in [-0.2, 0) is 15.8 Å². The minimum absolute atomic E-state index is 0.0328. The van der Waals surface area contributed by atoms with Crippen LogP contribution in [0.4, 0.5) is 13.2 Å². The smallest absolute Gasteiger partial charge is 0.272 e. The van der Waals surface area contributed by atoms with E-state index in [1.54, 1.807) is 31.3 Å². The van der Waals surface area contributed by atoms with Crippen LogP contribution in [0.5, 0.6) is 11.5 Å². The van der Waals surface area contributed by atoms with E-state index in [9.17, 15) is 27.9 Å². The minimum atomic E-state index is -2.72. The lowest BCUT2D eigenvalue weighted by molar-refractivity contribution is -0.123. The summed E-state index contributed by atoms with van der Waals surface area (Å²) in [6, 6.07) is 11.8. The van der Waals surface area contributed by atoms with Crippen molar-refractivity contribution in [3.63, 3.8) is 0 Å². The van der Waals surface area contributed by atoms with Gasteiger partial charge in [0.25, 0.3) is 12.3 Å². The van der Waals surface area contributed by atoms with E-state index < -0.39 is 41.7 Å². The van der Waals surface area contributed by atoms with Crippen LogP contribution in [0.3, 0.4) is 0 Å². The molecule has 2 atom stereocenters. The number of rotatable bonds is 10. The number of nitrogens with two attached hydrogens (primary N) is 1. The van der Waals surface area contributed by atoms with Gasteiger partial charge >= 0.3 is 0 Å². The van der Waals surface area contributed by atoms with E-state index in [4.69, 9.17) is 20.2 Å². The second-order valence-electron chi connectivity index (χ2n) is 11.9. The molecule has 234 valence electrons. The maximum Gasteiger partial charge on any atom is 0.272 e. The first-order chi connectivity index (χ1) is 21.4. The number of amides is 2. The van der Waals surface area contributed by atoms with Gasteiger partial charge in [-0.2, -0.15) is 0 Å². The summed E-state index contributed by atoms with van der Waals surface area (Å²) < 4.78 is 50.9. The number of aromatic nitrogens is 2. The first-order valence-electron chi connectivity index (χ1n) is 14.5. The molecular weight excluding hydrogens is 589 g/mol. The van der Waals surface area contributed by atoms with Gasteiger partial charge in [-0.05, 0) is 86.7 Å². The molecule has 1 saturated carbocycles. The van der Waals surface area contributed by atoms with Crippen LogP contribution in [0.15, 0.2) is 54.7 Å². The Balaban J connectivity index is 1.37. The molecule has 4 aromatic rings. The fourth-order valence-electron chi connectivity index (χ4n) is 5.66. The normalized spacial score (nSPS) is 18.7. The SMILES string of the molecule is Cc1cnc2c(OCC(F)F)cc(C(=O)NC[C@](O)(c3cc4c(c(-c5ccc(F)cc5)n3)OC[C@]4(C)C(N)=O)C3CC3)cc2c1. The molecule has 1 aliphatic carbocycles. The lowest BCUT2D eigenvalue weighted by Gasteiger charge is -2.30. The number of nitrogens with one attached hydrogen (secondary N) is 1. The molecule has 9 nitrogen and oxygen atoms in total. The largest absolute Gasteiger partial charge is 0.489 e. The highest BCUT2D eigenvalue weighted by Crippen LogP contribution is 2.50. The van der Waals surface area contributed by atoms with Crippen LogP contribution >= 0.6 is 0 Å². The van der Waals surface area contributed by atoms with E-state index in [0.717, 1.165) is 5.56 Å². The lowest BCUT2D eigenvalue weighted by Crippen LogP contribution is -2.44. The van der Waals surface area contributed by atoms with Gasteiger partial charge in [-0.15, -0.1) is 0 Å². The van der Waals surface area contributed by atoms with Crippen LogP contribution in [0.1, 0.15) is 46.9 Å². The Hall–Kier alpha value is -4.71. The molecule has 0 radical (unpaired) electrons. The summed E-state index contributed by atoms with van der Waals surface area (Å²) >= 11 is 0. The third-order valence-electron chi connectivity index (χ3n) is 8.46. The predicted octanol–water partition coefficient (Wildman–Crippen LogP) is 4.55. The number of primary amides is 1. The highest BCUT2D eigenvalue weighted by atomic mass is 19.3. The molecule has 1 fully saturated rings. The number of carbonyl (C=O) groups is 2. The molecule has 3 heterocycles. The van der Waals surface area contributed by atoms with Gasteiger partial charge in [0.05, 0.1) is 12.2 Å². The van der Waals surface area contributed by atoms with Gasteiger partial charge in [0.2, 0.25) is 5.91 Å². The molecule has 1 aliphatic heterocycles. The average Bonchev–Trinajstić information content (AvgIpc) is 3.82. The molecule has 0 bridgehead atoms. The van der Waals surface area contributed by atoms with Gasteiger partial charge in [0.15, 0.2) is 0 Å². The maximum absolute atomic E-state index is 13.8. The Morgan fingerprint density at radius 1 is 1.20 bits per heavy atom. The number of fused-ring (bicyclic) bond motifs is 2. The van der Waals surface area contributed by atoms with Gasteiger partial charge in [0.1, 0.15) is 52.8 Å². The number of hydrogen-bond donors (Lipinski definition) is 3. The summed E-state index contributed by atoms with van der Waals surface area (Å²) in [5.41, 5.74) is 5.59. The summed E-state index contributed by atoms with van der Waals surface area (Å²) in [7, 11) is 0. The summed E-state index contributed by atoms with van der Waals surface area (Å²) in [6.07, 6.45) is 0.170. The second-order valence-corrected chi connectivity index (χ2v) is 11.9. The van der Waals surface area contributed by atoms with Crippen molar-refractivity contribution in [3.8, 4) is 22.8 Å². The lowest BCUT2D eigenvalue weighted by atomic mass is 9.81. The topological polar surface area (TPSA) is 137 Å². The molecule has 2 amide bonds. The van der Waals surface area contributed by atoms with Crippen LogP contribution in [0, 0.1) is 18.7 Å². The number of hydrogen-bond acceptors (Lipinski definition) is 7. The molecule has 12 heteroatoms. The number of ether oxygens (including phenoxy) is 2. The molecule has 6 rings (SSSR count). The van der Waals surface area contributed by atoms with Crippen LogP contribution in [-0.4, -0.2) is 53.1 Å². The number of alkyl halides is 2. The minimum Gasteiger partial charge on any atom is -0.489 e. The number of benzene rings is 2. The quantitative estimate of drug-likeness (QED) is 0.237. The van der Waals surface area contributed by atoms with Crippen molar-refractivity contribution in [1.82, 2.24) is 15.3 Å². The third kappa shape index (κ3) is 5.66. The molecule has 45 heavy (non-hydrogen) atoms. The van der Waals surface area contributed by atoms with E-state index in [2.05, 4.69) is 10.3 Å². The Bertz CT molecular complexity index is 1810. The highest BCUT2D eigenvalue weighted by molar-refractivity contribution is 6.00. The second kappa shape index (κ2) is 11.3. The number of nitrogens with zero attached hydrogens (tertiary/aromatic N) is 2. The van der Waals surface area contributed by atoms with Crippen LogP contribution in [0.25, 0.3) is 22.2 Å². The van der Waals surface area contributed by atoms with Crippen molar-refractivity contribution in [1.29, 1.82) is 0 Å². The standard InChI is InChI=1S/C33H31F3N4O5/c1-17-9-19-10-20(11-24(27(19)38-13-17)44-14-26(35)36)30(41)39-15-33(43,21-5-6-21)25-12-23-29(45-16-32(23,2)31(37)42)28(40-25)18-3-7-22(34)8-4-18/h3-4,7-13,21,26,43H,5-6,14-16H2,1-2H3,(H2,37,42)(H,39,41)/t32-,33+/m0/s1. The van der Waals surface area contributed by atoms with Crippen LogP contribution in [0.2, 0.25) is 0 Å². The maximum atomic E-state index is 13.8. The molecule has 2 aliphatic rings. The van der Waals surface area contributed by atoms with E-state index >= 15 is 0 Å². The third-order valence-corrected chi connectivity index (χ3v) is 8.46. The van der Waals surface area contributed by atoms with Crippen molar-refractivity contribution in [3.05, 3.63) is 82.9 Å². The van der Waals surface area contributed by atoms with Crippen molar-refractivity contribution >= 4 is 22.7 Å². The number of pyridine rings is 2. The summed E-state index contributed by atoms with van der Waals surface area (Å²) in [5.74, 6) is -1.58. The van der Waals surface area contributed by atoms with Crippen LogP contribution < -0.4 is 20.5 Å². The van der Waals surface area contributed by atoms with E-state index in [-0.39, 0.29) is 36.1 Å². The number of aliphatic hydroxyl groups is 1. The van der Waals surface area contributed by atoms with Crippen molar-refractivity contribution < 1.29 is 37.3 Å². The molecule has 0 spiro atoms. The molecule has 0 saturated heterocycles. The molecule has 0 unspecified atom stereocenters. The molecular formula is C33H31F3N4O5.